The second-order valence-electron chi connectivity index (χ2n) is 7.66. The zero-order valence-electron chi connectivity index (χ0n) is 16.2. The molecule has 0 bridgehead atoms. The Labute approximate surface area is 184 Å². The summed E-state index contributed by atoms with van der Waals surface area (Å²) in [6.45, 7) is 0. The first-order valence-electron chi connectivity index (χ1n) is 10.1. The number of para-hydroxylation sites is 1. The normalized spacial score (nSPS) is 17.0. The number of halogens is 1. The molecule has 4 aromatic carbocycles. The highest BCUT2D eigenvalue weighted by molar-refractivity contribution is 9.10. The molecule has 1 aromatic heterocycles. The van der Waals surface area contributed by atoms with Gasteiger partial charge in [-0.1, -0.05) is 119 Å². The molecule has 6 rings (SSSR count). The molecule has 2 heteroatoms. The summed E-state index contributed by atoms with van der Waals surface area (Å²) >= 11 is 4.25. The van der Waals surface area contributed by atoms with Crippen molar-refractivity contribution >= 4 is 26.8 Å². The van der Waals surface area contributed by atoms with Crippen LogP contribution in [-0.2, 0) is 4.32 Å². The van der Waals surface area contributed by atoms with Crippen LogP contribution in [0.2, 0.25) is 0 Å². The van der Waals surface area contributed by atoms with Gasteiger partial charge in [0.25, 0.3) is 0 Å². The van der Waals surface area contributed by atoms with Gasteiger partial charge in [0.1, 0.15) is 4.32 Å². The van der Waals surface area contributed by atoms with Crippen molar-refractivity contribution in [2.75, 3.05) is 0 Å². The van der Waals surface area contributed by atoms with Gasteiger partial charge in [0, 0.05) is 16.5 Å². The molecule has 0 fully saturated rings. The largest absolute Gasteiger partial charge is 0.247 e. The fourth-order valence-corrected chi connectivity index (χ4v) is 5.76. The summed E-state index contributed by atoms with van der Waals surface area (Å²) in [5, 5.41) is 1.18. The second-order valence-corrected chi connectivity index (χ2v) is 8.85. The van der Waals surface area contributed by atoms with Gasteiger partial charge in [0.15, 0.2) is 0 Å². The third kappa shape index (κ3) is 2.37. The maximum atomic E-state index is 5.15. The van der Waals surface area contributed by atoms with Crippen LogP contribution in [0, 0.1) is 0 Å². The molecule has 5 aromatic rings. The van der Waals surface area contributed by atoms with Crippen LogP contribution >= 0.6 is 15.9 Å². The predicted octanol–water partition coefficient (Wildman–Crippen LogP) is 7.57. The minimum Gasteiger partial charge on any atom is -0.247 e. The van der Waals surface area contributed by atoms with E-state index in [-0.39, 0.29) is 0 Å². The van der Waals surface area contributed by atoms with E-state index in [0.29, 0.717) is 0 Å². The van der Waals surface area contributed by atoms with Crippen LogP contribution < -0.4 is 0 Å². The van der Waals surface area contributed by atoms with Crippen molar-refractivity contribution in [2.24, 2.45) is 0 Å². The first-order valence-corrected chi connectivity index (χ1v) is 10.9. The minimum atomic E-state index is -0.424. The molecule has 1 unspecified atom stereocenters. The molecule has 1 aliphatic rings. The highest BCUT2D eigenvalue weighted by Crippen LogP contribution is 2.59. The molecule has 0 amide bonds. The van der Waals surface area contributed by atoms with Crippen molar-refractivity contribution < 1.29 is 0 Å². The number of nitrogens with zero attached hydrogens (tertiary/aromatic N) is 1. The topological polar surface area (TPSA) is 12.9 Å². The van der Waals surface area contributed by atoms with Crippen molar-refractivity contribution in [1.82, 2.24) is 4.98 Å². The number of fused-ring (bicyclic) bond motifs is 5. The maximum absolute atomic E-state index is 5.15. The lowest BCUT2D eigenvalue weighted by molar-refractivity contribution is 0.960. The number of hydrogen-bond acceptors (Lipinski definition) is 1. The van der Waals surface area contributed by atoms with Crippen molar-refractivity contribution in [3.8, 4) is 22.4 Å². The number of rotatable bonds is 2. The van der Waals surface area contributed by atoms with Crippen LogP contribution in [0.5, 0.6) is 0 Å². The van der Waals surface area contributed by atoms with Gasteiger partial charge < -0.3 is 0 Å². The quantitative estimate of drug-likeness (QED) is 0.254. The van der Waals surface area contributed by atoms with Crippen LogP contribution in [0.4, 0.5) is 0 Å². The first-order chi connectivity index (χ1) is 14.8. The average molecular weight is 448 g/mol. The Kier molecular flexibility index (Phi) is 3.90. The Morgan fingerprint density at radius 2 is 1.27 bits per heavy atom. The van der Waals surface area contributed by atoms with E-state index < -0.39 is 4.32 Å². The lowest BCUT2D eigenvalue weighted by Crippen LogP contribution is -2.19. The van der Waals surface area contributed by atoms with Gasteiger partial charge in [-0.25, -0.2) is 4.98 Å². The van der Waals surface area contributed by atoms with Crippen LogP contribution in [0.15, 0.2) is 109 Å². The number of aromatic nitrogens is 1. The second kappa shape index (κ2) is 6.65. The molecule has 1 atom stereocenters. The van der Waals surface area contributed by atoms with E-state index in [9.17, 15) is 0 Å². The molecular weight excluding hydrogens is 430 g/mol. The van der Waals surface area contributed by atoms with Gasteiger partial charge in [-0.15, -0.1) is 0 Å². The van der Waals surface area contributed by atoms with E-state index in [1.807, 2.05) is 0 Å². The fraction of sp³-hybridized carbons (Fsp3) is 0.0357. The molecule has 30 heavy (non-hydrogen) atoms. The van der Waals surface area contributed by atoms with Gasteiger partial charge in [0.05, 0.1) is 11.2 Å². The highest BCUT2D eigenvalue weighted by atomic mass is 79.9. The predicted molar refractivity (Wildman–Crippen MR) is 128 cm³/mol. The molecule has 1 nitrogen and oxygen atoms in total. The Balaban J connectivity index is 1.83. The lowest BCUT2D eigenvalue weighted by Gasteiger charge is -2.27. The van der Waals surface area contributed by atoms with Crippen molar-refractivity contribution in [3.05, 3.63) is 126 Å². The number of alkyl halides is 1. The first kappa shape index (κ1) is 17.6. The van der Waals surface area contributed by atoms with E-state index in [0.717, 1.165) is 16.8 Å². The highest BCUT2D eigenvalue weighted by Gasteiger charge is 2.45. The molecule has 0 saturated heterocycles. The zero-order chi connectivity index (χ0) is 20.1. The summed E-state index contributed by atoms with van der Waals surface area (Å²) in [4.78, 5) is 5.15. The van der Waals surface area contributed by atoms with Gasteiger partial charge in [-0.05, 0) is 28.3 Å². The van der Waals surface area contributed by atoms with Gasteiger partial charge in [-0.3, -0.25) is 0 Å². The molecular formula is C28H18BrN. The Bertz CT molecular complexity index is 1390. The molecule has 142 valence electrons. The van der Waals surface area contributed by atoms with E-state index in [1.54, 1.807) is 0 Å². The average Bonchev–Trinajstić information content (AvgIpc) is 3.10. The third-order valence-electron chi connectivity index (χ3n) is 6.02. The summed E-state index contributed by atoms with van der Waals surface area (Å²) in [5.41, 5.74) is 9.42. The van der Waals surface area contributed by atoms with Crippen molar-refractivity contribution in [1.29, 1.82) is 0 Å². The summed E-state index contributed by atoms with van der Waals surface area (Å²) in [5.74, 6) is 0. The summed E-state index contributed by atoms with van der Waals surface area (Å²) < 4.78 is -0.424. The van der Waals surface area contributed by atoms with E-state index in [2.05, 4.69) is 125 Å². The summed E-state index contributed by atoms with van der Waals surface area (Å²) in [6.07, 6.45) is 0. The SMILES string of the molecule is BrC1(c2ccccc2)c2ccccc2-c2c(-c3ccccc3)nc3ccccc3c21. The molecule has 1 heterocycles. The number of pyridine rings is 1. The maximum Gasteiger partial charge on any atom is 0.102 e. The molecule has 0 spiro atoms. The fourth-order valence-electron chi connectivity index (χ4n) is 4.74. The molecule has 0 aliphatic heterocycles. The smallest absolute Gasteiger partial charge is 0.102 e. The number of benzene rings is 4. The van der Waals surface area contributed by atoms with Crippen LogP contribution in [0.3, 0.4) is 0 Å². The van der Waals surface area contributed by atoms with E-state index in [1.165, 1.54) is 33.2 Å². The minimum absolute atomic E-state index is 0.424. The monoisotopic (exact) mass is 447 g/mol. The Morgan fingerprint density at radius 3 is 2.07 bits per heavy atom. The van der Waals surface area contributed by atoms with Crippen molar-refractivity contribution in [3.63, 3.8) is 0 Å². The van der Waals surface area contributed by atoms with Gasteiger partial charge in [0.2, 0.25) is 0 Å². The van der Waals surface area contributed by atoms with Gasteiger partial charge in [-0.2, -0.15) is 0 Å². The molecule has 0 radical (unpaired) electrons. The van der Waals surface area contributed by atoms with Crippen LogP contribution in [0.1, 0.15) is 16.7 Å². The van der Waals surface area contributed by atoms with Crippen LogP contribution in [-0.4, -0.2) is 4.98 Å². The van der Waals surface area contributed by atoms with Crippen LogP contribution in [0.25, 0.3) is 33.3 Å². The molecule has 0 N–H and O–H groups in total. The number of hydrogen-bond donors (Lipinski definition) is 0. The Hall–Kier alpha value is -3.23. The van der Waals surface area contributed by atoms with Crippen molar-refractivity contribution in [2.45, 2.75) is 4.32 Å². The summed E-state index contributed by atoms with van der Waals surface area (Å²) in [6, 6.07) is 38.4. The third-order valence-corrected chi connectivity index (χ3v) is 7.30. The van der Waals surface area contributed by atoms with E-state index in [4.69, 9.17) is 4.98 Å². The van der Waals surface area contributed by atoms with E-state index >= 15 is 0 Å². The molecule has 1 aliphatic carbocycles. The molecule has 0 saturated carbocycles. The Morgan fingerprint density at radius 1 is 0.633 bits per heavy atom. The lowest BCUT2D eigenvalue weighted by atomic mass is 9.86. The standard InChI is InChI=1S/C28H18BrN/c29-28(20-13-5-2-6-14-20)23-17-9-7-15-21(23)25-26(28)22-16-8-10-18-24(22)30-27(25)19-11-3-1-4-12-19/h1-18H. The van der Waals surface area contributed by atoms with Gasteiger partial charge >= 0.3 is 0 Å². The summed E-state index contributed by atoms with van der Waals surface area (Å²) in [7, 11) is 0. The zero-order valence-corrected chi connectivity index (χ0v) is 17.8.